The molecule has 6 nitrogen and oxygen atoms in total. The van der Waals surface area contributed by atoms with E-state index in [2.05, 4.69) is 29.0 Å². The lowest BCUT2D eigenvalue weighted by atomic mass is 10.1. The van der Waals surface area contributed by atoms with Crippen molar-refractivity contribution in [2.45, 2.75) is 25.2 Å². The number of likely N-dealkylation sites (N-methyl/N-ethyl adjacent to an activating group) is 1. The molecule has 2 heterocycles. The van der Waals surface area contributed by atoms with Crippen molar-refractivity contribution >= 4 is 15.8 Å². The zero-order valence-corrected chi connectivity index (χ0v) is 14.4. The summed E-state index contributed by atoms with van der Waals surface area (Å²) in [7, 11) is -1.42. The van der Waals surface area contributed by atoms with Gasteiger partial charge in [-0.15, -0.1) is 0 Å². The molecule has 0 spiro atoms. The molecule has 0 atom stereocenters. The van der Waals surface area contributed by atoms with Gasteiger partial charge in [0.15, 0.2) is 0 Å². The summed E-state index contributed by atoms with van der Waals surface area (Å²) in [6.07, 6.45) is 2.51. The van der Waals surface area contributed by atoms with E-state index in [9.17, 15) is 8.42 Å². The number of sulfonamides is 1. The minimum atomic E-state index is -3.42. The third-order valence-electron chi connectivity index (χ3n) is 3.86. The predicted molar refractivity (Wildman–Crippen MR) is 88.4 cm³/mol. The fourth-order valence-corrected chi connectivity index (χ4v) is 3.67. The molecule has 1 aromatic heterocycles. The Bertz CT molecular complexity index is 564. The predicted octanol–water partition coefficient (Wildman–Crippen LogP) is 1.48. The van der Waals surface area contributed by atoms with Gasteiger partial charge in [-0.1, -0.05) is 13.8 Å². The van der Waals surface area contributed by atoms with Crippen LogP contribution in [0, 0.1) is 5.92 Å². The minimum Gasteiger partial charge on any atom is -0.370 e. The summed E-state index contributed by atoms with van der Waals surface area (Å²) in [4.78, 5) is 6.63. The summed E-state index contributed by atoms with van der Waals surface area (Å²) in [5, 5.41) is 3.21. The molecule has 0 aromatic carbocycles. The van der Waals surface area contributed by atoms with E-state index >= 15 is 0 Å². The first-order valence-electron chi connectivity index (χ1n) is 7.78. The lowest BCUT2D eigenvalue weighted by molar-refractivity contribution is 0.222. The van der Waals surface area contributed by atoms with Crippen LogP contribution in [0.25, 0.3) is 0 Å². The van der Waals surface area contributed by atoms with Crippen LogP contribution in [0.5, 0.6) is 0 Å². The third kappa shape index (κ3) is 4.41. The number of nitrogens with zero attached hydrogens (tertiary/aromatic N) is 3. The Hall–Kier alpha value is -1.18. The number of piperazine rings is 1. The van der Waals surface area contributed by atoms with E-state index in [1.165, 1.54) is 10.5 Å². The van der Waals surface area contributed by atoms with Gasteiger partial charge in [-0.2, -0.15) is 4.31 Å². The van der Waals surface area contributed by atoms with Gasteiger partial charge in [0, 0.05) is 38.9 Å². The molecule has 22 heavy (non-hydrogen) atoms. The second-order valence-electron chi connectivity index (χ2n) is 6.20. The Labute approximate surface area is 133 Å². The minimum absolute atomic E-state index is 0.270. The van der Waals surface area contributed by atoms with Crippen molar-refractivity contribution in [2.75, 3.05) is 45.1 Å². The smallest absolute Gasteiger partial charge is 0.244 e. The number of hydrogen-bond acceptors (Lipinski definition) is 5. The molecule has 1 aromatic rings. The van der Waals surface area contributed by atoms with Gasteiger partial charge < -0.3 is 10.2 Å². The molecule has 0 bridgehead atoms. The van der Waals surface area contributed by atoms with Gasteiger partial charge in [-0.05, 0) is 31.5 Å². The van der Waals surface area contributed by atoms with E-state index in [1.54, 1.807) is 12.1 Å². The van der Waals surface area contributed by atoms with Crippen molar-refractivity contribution in [1.29, 1.82) is 0 Å². The highest BCUT2D eigenvalue weighted by molar-refractivity contribution is 7.89. The van der Waals surface area contributed by atoms with Gasteiger partial charge in [-0.3, -0.25) is 0 Å². The fraction of sp³-hybridized carbons (Fsp3) is 0.667. The zero-order valence-electron chi connectivity index (χ0n) is 13.6. The summed E-state index contributed by atoms with van der Waals surface area (Å²) >= 11 is 0. The maximum Gasteiger partial charge on any atom is 0.244 e. The lowest BCUT2D eigenvalue weighted by Crippen LogP contribution is -2.47. The highest BCUT2D eigenvalue weighted by atomic mass is 32.2. The van der Waals surface area contributed by atoms with Crippen molar-refractivity contribution in [1.82, 2.24) is 14.2 Å². The van der Waals surface area contributed by atoms with Gasteiger partial charge in [-0.25, -0.2) is 13.4 Å². The molecule has 0 aliphatic carbocycles. The van der Waals surface area contributed by atoms with Crippen LogP contribution in [0.3, 0.4) is 0 Å². The Kier molecular flexibility index (Phi) is 5.77. The molecular weight excluding hydrogens is 300 g/mol. The van der Waals surface area contributed by atoms with Gasteiger partial charge in [0.05, 0.1) is 0 Å². The van der Waals surface area contributed by atoms with Crippen molar-refractivity contribution in [3.63, 3.8) is 0 Å². The highest BCUT2D eigenvalue weighted by Crippen LogP contribution is 2.18. The lowest BCUT2D eigenvalue weighted by Gasteiger charge is -2.31. The summed E-state index contributed by atoms with van der Waals surface area (Å²) in [5.41, 5.74) is 0. The summed E-state index contributed by atoms with van der Waals surface area (Å²) in [6, 6.07) is 3.38. The first-order chi connectivity index (χ1) is 10.4. The van der Waals surface area contributed by atoms with E-state index in [0.717, 1.165) is 31.9 Å². The Morgan fingerprint density at radius 2 is 1.91 bits per heavy atom. The number of hydrogen-bond donors (Lipinski definition) is 1. The van der Waals surface area contributed by atoms with Crippen molar-refractivity contribution in [3.05, 3.63) is 18.3 Å². The summed E-state index contributed by atoms with van der Waals surface area (Å²) in [5.74, 6) is 1.35. The Morgan fingerprint density at radius 1 is 1.23 bits per heavy atom. The van der Waals surface area contributed by atoms with E-state index in [-0.39, 0.29) is 4.90 Å². The van der Waals surface area contributed by atoms with Gasteiger partial charge in [0.1, 0.15) is 10.7 Å². The quantitative estimate of drug-likeness (QED) is 0.858. The third-order valence-corrected chi connectivity index (χ3v) is 5.75. The zero-order chi connectivity index (χ0) is 16.2. The largest absolute Gasteiger partial charge is 0.370 e. The number of aromatic nitrogens is 1. The summed E-state index contributed by atoms with van der Waals surface area (Å²) < 4.78 is 26.6. The molecule has 124 valence electrons. The number of anilines is 1. The maximum atomic E-state index is 12.6. The van der Waals surface area contributed by atoms with Crippen molar-refractivity contribution in [3.8, 4) is 0 Å². The molecule has 0 unspecified atom stereocenters. The van der Waals surface area contributed by atoms with Crippen LogP contribution in [-0.2, 0) is 10.0 Å². The summed E-state index contributed by atoms with van der Waals surface area (Å²) in [6.45, 7) is 7.78. The second-order valence-corrected chi connectivity index (χ2v) is 8.13. The molecule has 2 rings (SSSR count). The molecule has 1 N–H and O–H groups in total. The van der Waals surface area contributed by atoms with Gasteiger partial charge in [0.25, 0.3) is 0 Å². The van der Waals surface area contributed by atoms with Crippen LogP contribution in [0.4, 0.5) is 5.82 Å². The number of pyridine rings is 1. The van der Waals surface area contributed by atoms with E-state index < -0.39 is 10.0 Å². The van der Waals surface area contributed by atoms with Crippen LogP contribution < -0.4 is 5.32 Å². The molecule has 7 heteroatoms. The Morgan fingerprint density at radius 3 is 2.45 bits per heavy atom. The van der Waals surface area contributed by atoms with E-state index in [0.29, 0.717) is 19.0 Å². The first kappa shape index (κ1) is 17.2. The van der Waals surface area contributed by atoms with Crippen LogP contribution in [0.2, 0.25) is 0 Å². The highest BCUT2D eigenvalue weighted by Gasteiger charge is 2.27. The second kappa shape index (κ2) is 7.39. The molecule has 0 saturated carbocycles. The van der Waals surface area contributed by atoms with Crippen LogP contribution in [-0.4, -0.2) is 62.4 Å². The topological polar surface area (TPSA) is 65.5 Å². The maximum absolute atomic E-state index is 12.6. The number of nitrogens with one attached hydrogen (secondary N) is 1. The van der Waals surface area contributed by atoms with Crippen LogP contribution in [0.15, 0.2) is 23.2 Å². The molecule has 1 saturated heterocycles. The number of rotatable bonds is 6. The molecule has 1 aliphatic rings. The molecule has 1 aliphatic heterocycles. The monoisotopic (exact) mass is 326 g/mol. The van der Waals surface area contributed by atoms with Crippen LogP contribution >= 0.6 is 0 Å². The first-order valence-corrected chi connectivity index (χ1v) is 9.22. The van der Waals surface area contributed by atoms with Crippen molar-refractivity contribution < 1.29 is 8.42 Å². The average molecular weight is 326 g/mol. The fourth-order valence-electron chi connectivity index (χ4n) is 2.30. The molecule has 1 fully saturated rings. The van der Waals surface area contributed by atoms with E-state index in [1.807, 2.05) is 7.05 Å². The molecular formula is C15H26N4O2S. The van der Waals surface area contributed by atoms with E-state index in [4.69, 9.17) is 0 Å². The molecule has 0 amide bonds. The van der Waals surface area contributed by atoms with Gasteiger partial charge in [0.2, 0.25) is 10.0 Å². The standard InChI is InChI=1S/C15H26N4O2S/c1-13(2)6-7-16-15-5-4-14(12-17-15)22(20,21)19-10-8-18(3)9-11-19/h4-5,12-13H,6-11H2,1-3H3,(H,16,17). The van der Waals surface area contributed by atoms with Crippen LogP contribution in [0.1, 0.15) is 20.3 Å². The Balaban J connectivity index is 1.99. The average Bonchev–Trinajstić information content (AvgIpc) is 2.48. The van der Waals surface area contributed by atoms with Crippen molar-refractivity contribution in [2.24, 2.45) is 5.92 Å². The molecule has 0 radical (unpaired) electrons. The van der Waals surface area contributed by atoms with Gasteiger partial charge >= 0.3 is 0 Å². The SMILES string of the molecule is CC(C)CCNc1ccc(S(=O)(=O)N2CCN(C)CC2)cn1. The normalized spacial score (nSPS) is 17.8.